The summed E-state index contributed by atoms with van der Waals surface area (Å²) in [5.41, 5.74) is 1.23. The van der Waals surface area contributed by atoms with Crippen LogP contribution in [0.2, 0.25) is 0 Å². The Balaban J connectivity index is 1.81. The number of H-pyrrole nitrogens is 1. The van der Waals surface area contributed by atoms with Gasteiger partial charge in [0.05, 0.1) is 4.90 Å². The molecule has 0 bridgehead atoms. The minimum Gasteiger partial charge on any atom is -0.357 e. The van der Waals surface area contributed by atoms with E-state index in [9.17, 15) is 31.2 Å². The third-order valence-corrected chi connectivity index (χ3v) is 6.30. The number of aromatic nitrogens is 1. The first-order valence-electron chi connectivity index (χ1n) is 8.98. The van der Waals surface area contributed by atoms with Gasteiger partial charge < -0.3 is 10.3 Å². The highest BCUT2D eigenvalue weighted by Gasteiger charge is 2.38. The number of carbonyl (C=O) groups is 2. The zero-order valence-corrected chi connectivity index (χ0v) is 17.0. The van der Waals surface area contributed by atoms with E-state index in [1.54, 1.807) is 17.4 Å². The summed E-state index contributed by atoms with van der Waals surface area (Å²) in [6.45, 7) is 1.45. The van der Waals surface area contributed by atoms with Crippen LogP contribution in [0.4, 0.5) is 13.2 Å². The summed E-state index contributed by atoms with van der Waals surface area (Å²) in [4.78, 5) is 26.3. The van der Waals surface area contributed by atoms with Gasteiger partial charge in [-0.05, 0) is 30.7 Å². The van der Waals surface area contributed by atoms with Gasteiger partial charge in [0.1, 0.15) is 10.6 Å². The van der Waals surface area contributed by atoms with Crippen molar-refractivity contribution >= 4 is 21.5 Å². The first-order chi connectivity index (χ1) is 14.5. The molecule has 1 heterocycles. The largest absolute Gasteiger partial charge is 0.471 e. The second kappa shape index (κ2) is 8.38. The van der Waals surface area contributed by atoms with Gasteiger partial charge in [-0.15, -0.1) is 0 Å². The Kier molecular flexibility index (Phi) is 6.03. The summed E-state index contributed by atoms with van der Waals surface area (Å²) in [6.07, 6.45) is -3.64. The average molecular weight is 450 g/mol. The first kappa shape index (κ1) is 22.3. The highest BCUT2D eigenvalue weighted by Crippen LogP contribution is 2.26. The van der Waals surface area contributed by atoms with Crippen LogP contribution < -0.4 is 5.32 Å². The van der Waals surface area contributed by atoms with Gasteiger partial charge in [0.15, 0.2) is 0 Å². The molecule has 0 atom stereocenters. The minimum absolute atomic E-state index is 0.0440. The summed E-state index contributed by atoms with van der Waals surface area (Å²) in [6, 6.07) is 13.0. The van der Waals surface area contributed by atoms with E-state index in [0.717, 1.165) is 5.56 Å². The van der Waals surface area contributed by atoms with Crippen LogP contribution in [-0.2, 0) is 21.2 Å². The van der Waals surface area contributed by atoms with E-state index in [-0.39, 0.29) is 27.6 Å². The Morgan fingerprint density at radius 3 is 2.16 bits per heavy atom. The molecule has 0 fully saturated rings. The topological polar surface area (TPSA) is 96.1 Å². The van der Waals surface area contributed by atoms with Crippen LogP contribution in [0, 0.1) is 6.92 Å². The highest BCUT2D eigenvalue weighted by molar-refractivity contribution is 7.91. The molecule has 162 valence electrons. The van der Waals surface area contributed by atoms with Crippen LogP contribution in [0.3, 0.4) is 0 Å². The molecule has 0 saturated heterocycles. The molecule has 3 rings (SSSR count). The monoisotopic (exact) mass is 450 g/mol. The van der Waals surface area contributed by atoms with E-state index in [1.165, 1.54) is 48.7 Å². The molecule has 2 aromatic carbocycles. The van der Waals surface area contributed by atoms with E-state index in [1.807, 2.05) is 6.92 Å². The number of benzene rings is 2. The molecule has 0 saturated carbocycles. The maximum atomic E-state index is 12.9. The number of aryl methyl sites for hydroxylation is 1. The van der Waals surface area contributed by atoms with E-state index >= 15 is 0 Å². The number of hydrogen-bond acceptors (Lipinski definition) is 4. The van der Waals surface area contributed by atoms with Crippen molar-refractivity contribution in [3.63, 3.8) is 0 Å². The Morgan fingerprint density at radius 2 is 1.58 bits per heavy atom. The van der Waals surface area contributed by atoms with Crippen LogP contribution in [0.1, 0.15) is 27.2 Å². The highest BCUT2D eigenvalue weighted by atomic mass is 32.2. The lowest BCUT2D eigenvalue weighted by Gasteiger charge is -2.09. The van der Waals surface area contributed by atoms with Crippen molar-refractivity contribution in [3.05, 3.63) is 83.2 Å². The van der Waals surface area contributed by atoms with Crippen molar-refractivity contribution < 1.29 is 31.2 Å². The van der Waals surface area contributed by atoms with Crippen LogP contribution in [0.5, 0.6) is 0 Å². The van der Waals surface area contributed by atoms with Gasteiger partial charge in [-0.3, -0.25) is 9.59 Å². The molecule has 2 N–H and O–H groups in total. The molecule has 0 aliphatic heterocycles. The number of aromatic amines is 1. The fourth-order valence-corrected chi connectivity index (χ4v) is 4.22. The number of ketones is 1. The lowest BCUT2D eigenvalue weighted by Crippen LogP contribution is -2.36. The number of nitrogens with one attached hydrogen (secondary N) is 2. The second-order valence-corrected chi connectivity index (χ2v) is 8.66. The molecule has 10 heteroatoms. The number of rotatable bonds is 6. The number of hydrogen-bond donors (Lipinski definition) is 2. The Morgan fingerprint density at radius 1 is 0.968 bits per heavy atom. The molecule has 0 spiro atoms. The van der Waals surface area contributed by atoms with Gasteiger partial charge in [0.2, 0.25) is 15.6 Å². The van der Waals surface area contributed by atoms with Gasteiger partial charge in [-0.25, -0.2) is 8.42 Å². The predicted molar refractivity (Wildman–Crippen MR) is 105 cm³/mol. The van der Waals surface area contributed by atoms with Crippen molar-refractivity contribution in [2.24, 2.45) is 0 Å². The lowest BCUT2D eigenvalue weighted by atomic mass is 10.1. The Hall–Kier alpha value is -3.40. The molecule has 6 nitrogen and oxygen atoms in total. The molecular formula is C21H17F3N2O4S. The summed E-state index contributed by atoms with van der Waals surface area (Å²) in [5, 5.41) is 1.73. The van der Waals surface area contributed by atoms with Gasteiger partial charge in [-0.2, -0.15) is 13.2 Å². The fraction of sp³-hybridized carbons (Fsp3) is 0.143. The number of alkyl halides is 3. The molecule has 3 aromatic rings. The maximum Gasteiger partial charge on any atom is 0.471 e. The summed E-state index contributed by atoms with van der Waals surface area (Å²) < 4.78 is 62.6. The Labute approximate surface area is 176 Å². The van der Waals surface area contributed by atoms with Gasteiger partial charge in [-0.1, -0.05) is 42.0 Å². The molecule has 31 heavy (non-hydrogen) atoms. The zero-order chi connectivity index (χ0) is 22.8. The molecule has 0 radical (unpaired) electrons. The standard InChI is InChI=1S/C21H17F3N2O4S/c1-13-2-8-16(9-3-13)31(29,30)17-10-11-25-18(17)19(27)15-6-4-14(5-7-15)12-26-20(28)21(22,23)24/h2-11,25H,12H2,1H3,(H,26,28). The average Bonchev–Trinajstić information content (AvgIpc) is 3.22. The van der Waals surface area contributed by atoms with Gasteiger partial charge >= 0.3 is 12.1 Å². The molecular weight excluding hydrogens is 433 g/mol. The zero-order valence-electron chi connectivity index (χ0n) is 16.2. The summed E-state index contributed by atoms with van der Waals surface area (Å²) in [5.74, 6) is -2.66. The number of carbonyl (C=O) groups excluding carboxylic acids is 2. The molecule has 1 amide bonds. The maximum absolute atomic E-state index is 12.9. The number of halogens is 3. The van der Waals surface area contributed by atoms with E-state index < -0.39 is 27.7 Å². The predicted octanol–water partition coefficient (Wildman–Crippen LogP) is 3.57. The van der Waals surface area contributed by atoms with Gasteiger partial charge in [0, 0.05) is 18.3 Å². The normalized spacial score (nSPS) is 11.9. The van der Waals surface area contributed by atoms with Crippen LogP contribution in [0.15, 0.2) is 70.6 Å². The minimum atomic E-state index is -4.98. The van der Waals surface area contributed by atoms with Crippen molar-refractivity contribution in [3.8, 4) is 0 Å². The fourth-order valence-electron chi connectivity index (χ4n) is 2.80. The van der Waals surface area contributed by atoms with Crippen molar-refractivity contribution in [2.75, 3.05) is 0 Å². The summed E-state index contributed by atoms with van der Waals surface area (Å²) in [7, 11) is -3.94. The summed E-state index contributed by atoms with van der Waals surface area (Å²) >= 11 is 0. The molecule has 0 aliphatic carbocycles. The van der Waals surface area contributed by atoms with Crippen LogP contribution in [0.25, 0.3) is 0 Å². The van der Waals surface area contributed by atoms with Crippen LogP contribution >= 0.6 is 0 Å². The lowest BCUT2D eigenvalue weighted by molar-refractivity contribution is -0.173. The van der Waals surface area contributed by atoms with Gasteiger partial charge in [0.25, 0.3) is 0 Å². The molecule has 1 aromatic heterocycles. The molecule has 0 unspecified atom stereocenters. The Bertz CT molecular complexity index is 1210. The smallest absolute Gasteiger partial charge is 0.357 e. The number of amides is 1. The SMILES string of the molecule is Cc1ccc(S(=O)(=O)c2cc[nH]c2C(=O)c2ccc(CNC(=O)C(F)(F)F)cc2)cc1. The number of sulfone groups is 1. The van der Waals surface area contributed by atoms with Crippen LogP contribution in [-0.4, -0.2) is 31.3 Å². The quantitative estimate of drug-likeness (QED) is 0.562. The second-order valence-electron chi connectivity index (χ2n) is 6.74. The van der Waals surface area contributed by atoms with Crippen molar-refractivity contribution in [1.82, 2.24) is 10.3 Å². The van der Waals surface area contributed by atoms with Crippen molar-refractivity contribution in [1.29, 1.82) is 0 Å². The molecule has 0 aliphatic rings. The van der Waals surface area contributed by atoms with E-state index in [4.69, 9.17) is 0 Å². The third-order valence-electron chi connectivity index (χ3n) is 4.48. The van der Waals surface area contributed by atoms with E-state index in [0.29, 0.717) is 5.56 Å². The van der Waals surface area contributed by atoms with Crippen molar-refractivity contribution in [2.45, 2.75) is 29.4 Å². The first-order valence-corrected chi connectivity index (χ1v) is 10.5. The third kappa shape index (κ3) is 4.85. The van der Waals surface area contributed by atoms with E-state index in [2.05, 4.69) is 4.98 Å².